The van der Waals surface area contributed by atoms with Crippen LogP contribution in [-0.2, 0) is 0 Å². The van der Waals surface area contributed by atoms with E-state index in [4.69, 9.17) is 4.74 Å². The number of aryl methyl sites for hydroxylation is 1. The molecule has 112 valence electrons. The van der Waals surface area contributed by atoms with Gasteiger partial charge in [-0.3, -0.25) is 0 Å². The third kappa shape index (κ3) is 4.61. The second-order valence-corrected chi connectivity index (χ2v) is 6.21. The van der Waals surface area contributed by atoms with Gasteiger partial charge in [-0.1, -0.05) is 34.6 Å². The summed E-state index contributed by atoms with van der Waals surface area (Å²) in [6.45, 7) is 5.00. The third-order valence-electron chi connectivity index (χ3n) is 2.77. The first kappa shape index (κ1) is 16.1. The minimum atomic E-state index is 0.554. The van der Waals surface area contributed by atoms with Crippen molar-refractivity contribution in [3.05, 3.63) is 34.3 Å². The Bertz CT molecular complexity index is 622. The summed E-state index contributed by atoms with van der Waals surface area (Å²) < 4.78 is 6.93. The summed E-state index contributed by atoms with van der Waals surface area (Å²) in [6.07, 6.45) is 2.99. The summed E-state index contributed by atoms with van der Waals surface area (Å²) in [5, 5.41) is 3.96. The van der Waals surface area contributed by atoms with Crippen LogP contribution in [0.5, 0.6) is 11.6 Å². The number of nitrogens with zero attached hydrogens (tertiary/aromatic N) is 2. The predicted octanol–water partition coefficient (Wildman–Crippen LogP) is 4.88. The number of rotatable bonds is 6. The van der Waals surface area contributed by atoms with E-state index in [9.17, 15) is 0 Å². The molecule has 0 aliphatic heterocycles. The van der Waals surface area contributed by atoms with E-state index in [1.165, 1.54) is 11.8 Å². The fourth-order valence-corrected chi connectivity index (χ4v) is 2.58. The highest BCUT2D eigenvalue weighted by Gasteiger charge is 2.08. The number of hydrogen-bond acceptors (Lipinski definition) is 5. The standard InChI is InChI=1S/C15H18BrN3OS/c1-4-7-17-13-9-14(19-15(18-13)21-3)20-12-6-5-11(16)8-10(12)2/h5-6,8-9H,4,7H2,1-3H3,(H,17,18,19). The molecule has 6 heteroatoms. The quantitative estimate of drug-likeness (QED) is 0.581. The minimum absolute atomic E-state index is 0.554. The van der Waals surface area contributed by atoms with Crippen LogP contribution in [0.3, 0.4) is 0 Å². The van der Waals surface area contributed by atoms with Crippen LogP contribution < -0.4 is 10.1 Å². The van der Waals surface area contributed by atoms with Crippen molar-refractivity contribution in [2.24, 2.45) is 0 Å². The van der Waals surface area contributed by atoms with Gasteiger partial charge in [0.15, 0.2) is 5.16 Å². The molecule has 2 rings (SSSR count). The van der Waals surface area contributed by atoms with Gasteiger partial charge in [-0.05, 0) is 43.4 Å². The van der Waals surface area contributed by atoms with E-state index in [0.29, 0.717) is 11.0 Å². The lowest BCUT2D eigenvalue weighted by molar-refractivity contribution is 0.452. The van der Waals surface area contributed by atoms with Gasteiger partial charge in [0.2, 0.25) is 5.88 Å². The van der Waals surface area contributed by atoms with E-state index in [-0.39, 0.29) is 0 Å². The van der Waals surface area contributed by atoms with Crippen molar-refractivity contribution in [1.82, 2.24) is 9.97 Å². The normalized spacial score (nSPS) is 10.5. The van der Waals surface area contributed by atoms with Gasteiger partial charge >= 0.3 is 0 Å². The van der Waals surface area contributed by atoms with Crippen molar-refractivity contribution < 1.29 is 4.74 Å². The van der Waals surface area contributed by atoms with Crippen molar-refractivity contribution in [2.45, 2.75) is 25.4 Å². The number of anilines is 1. The average Bonchev–Trinajstić information content (AvgIpc) is 2.48. The number of halogens is 1. The molecular weight excluding hydrogens is 350 g/mol. The van der Waals surface area contributed by atoms with Gasteiger partial charge in [-0.25, -0.2) is 4.98 Å². The molecule has 0 bridgehead atoms. The smallest absolute Gasteiger partial charge is 0.225 e. The first-order valence-electron chi connectivity index (χ1n) is 6.73. The zero-order valence-electron chi connectivity index (χ0n) is 12.3. The molecule has 0 fully saturated rings. The lowest BCUT2D eigenvalue weighted by Gasteiger charge is -2.11. The van der Waals surface area contributed by atoms with E-state index in [2.05, 4.69) is 38.1 Å². The predicted molar refractivity (Wildman–Crippen MR) is 91.5 cm³/mol. The van der Waals surface area contributed by atoms with Crippen molar-refractivity contribution in [2.75, 3.05) is 18.1 Å². The van der Waals surface area contributed by atoms with Crippen molar-refractivity contribution in [1.29, 1.82) is 0 Å². The molecule has 0 aliphatic rings. The van der Waals surface area contributed by atoms with Gasteiger partial charge in [0, 0.05) is 17.1 Å². The Labute approximate surface area is 137 Å². The number of ether oxygens (including phenoxy) is 1. The van der Waals surface area contributed by atoms with Crippen molar-refractivity contribution in [3.63, 3.8) is 0 Å². The first-order chi connectivity index (χ1) is 10.1. The summed E-state index contributed by atoms with van der Waals surface area (Å²) in [5.74, 6) is 2.14. The van der Waals surface area contributed by atoms with Crippen LogP contribution in [0.2, 0.25) is 0 Å². The van der Waals surface area contributed by atoms with E-state index >= 15 is 0 Å². The molecule has 21 heavy (non-hydrogen) atoms. The lowest BCUT2D eigenvalue weighted by Crippen LogP contribution is -2.04. The molecule has 0 atom stereocenters. The summed E-state index contributed by atoms with van der Waals surface area (Å²) in [5.41, 5.74) is 1.05. The van der Waals surface area contributed by atoms with Crippen LogP contribution in [0.4, 0.5) is 5.82 Å². The third-order valence-corrected chi connectivity index (χ3v) is 3.81. The Morgan fingerprint density at radius 2 is 2.10 bits per heavy atom. The van der Waals surface area contributed by atoms with Crippen LogP contribution >= 0.6 is 27.7 Å². The van der Waals surface area contributed by atoms with Gasteiger partial charge in [0.1, 0.15) is 11.6 Å². The maximum atomic E-state index is 5.90. The van der Waals surface area contributed by atoms with Gasteiger partial charge < -0.3 is 10.1 Å². The highest BCUT2D eigenvalue weighted by Crippen LogP contribution is 2.28. The molecule has 0 radical (unpaired) electrons. The Hall–Kier alpha value is -1.27. The minimum Gasteiger partial charge on any atom is -0.439 e. The Balaban J connectivity index is 2.25. The molecule has 4 nitrogen and oxygen atoms in total. The fourth-order valence-electron chi connectivity index (χ4n) is 1.73. The number of thioether (sulfide) groups is 1. The van der Waals surface area contributed by atoms with E-state index in [1.807, 2.05) is 37.4 Å². The zero-order chi connectivity index (χ0) is 15.2. The van der Waals surface area contributed by atoms with Crippen LogP contribution in [0, 0.1) is 6.92 Å². The van der Waals surface area contributed by atoms with Gasteiger partial charge in [0.25, 0.3) is 0 Å². The SMILES string of the molecule is CCCNc1cc(Oc2ccc(Br)cc2C)nc(SC)n1. The molecule has 0 spiro atoms. The Morgan fingerprint density at radius 3 is 2.76 bits per heavy atom. The topological polar surface area (TPSA) is 47.0 Å². The van der Waals surface area contributed by atoms with E-state index in [0.717, 1.165) is 34.6 Å². The van der Waals surface area contributed by atoms with Crippen LogP contribution in [0.1, 0.15) is 18.9 Å². The molecule has 1 aromatic heterocycles. The molecule has 0 aliphatic carbocycles. The molecule has 1 N–H and O–H groups in total. The number of nitrogens with one attached hydrogen (secondary N) is 1. The highest BCUT2D eigenvalue weighted by atomic mass is 79.9. The van der Waals surface area contributed by atoms with Gasteiger partial charge in [-0.15, -0.1) is 0 Å². The summed E-state index contributed by atoms with van der Waals surface area (Å²) in [4.78, 5) is 8.82. The van der Waals surface area contributed by atoms with Gasteiger partial charge in [-0.2, -0.15) is 4.98 Å². The molecular formula is C15H18BrN3OS. The van der Waals surface area contributed by atoms with Crippen LogP contribution in [-0.4, -0.2) is 22.8 Å². The molecule has 0 saturated carbocycles. The zero-order valence-corrected chi connectivity index (χ0v) is 14.7. The van der Waals surface area contributed by atoms with E-state index in [1.54, 1.807) is 0 Å². The highest BCUT2D eigenvalue weighted by molar-refractivity contribution is 9.10. The van der Waals surface area contributed by atoms with Crippen molar-refractivity contribution in [3.8, 4) is 11.6 Å². The Morgan fingerprint density at radius 1 is 1.29 bits per heavy atom. The van der Waals surface area contributed by atoms with Crippen LogP contribution in [0.25, 0.3) is 0 Å². The average molecular weight is 368 g/mol. The summed E-state index contributed by atoms with van der Waals surface area (Å²) >= 11 is 4.95. The second-order valence-electron chi connectivity index (χ2n) is 4.52. The Kier molecular flexibility index (Phi) is 5.87. The molecule has 0 saturated heterocycles. The number of aromatic nitrogens is 2. The first-order valence-corrected chi connectivity index (χ1v) is 8.75. The summed E-state index contributed by atoms with van der Waals surface area (Å²) in [7, 11) is 0. The molecule has 1 heterocycles. The molecule has 2 aromatic rings. The second kappa shape index (κ2) is 7.66. The number of benzene rings is 1. The molecule has 0 unspecified atom stereocenters. The largest absolute Gasteiger partial charge is 0.439 e. The molecule has 0 amide bonds. The van der Waals surface area contributed by atoms with Crippen molar-refractivity contribution >= 4 is 33.5 Å². The maximum Gasteiger partial charge on any atom is 0.225 e. The molecule has 1 aromatic carbocycles. The maximum absolute atomic E-state index is 5.90. The van der Waals surface area contributed by atoms with E-state index < -0.39 is 0 Å². The monoisotopic (exact) mass is 367 g/mol. The number of hydrogen-bond donors (Lipinski definition) is 1. The lowest BCUT2D eigenvalue weighted by atomic mass is 10.2. The van der Waals surface area contributed by atoms with Crippen LogP contribution in [0.15, 0.2) is 33.9 Å². The summed E-state index contributed by atoms with van der Waals surface area (Å²) in [6, 6.07) is 7.73. The van der Waals surface area contributed by atoms with Gasteiger partial charge in [0.05, 0.1) is 0 Å². The fraction of sp³-hybridized carbons (Fsp3) is 0.333.